The van der Waals surface area contributed by atoms with Crippen molar-refractivity contribution in [1.82, 2.24) is 0 Å². The zero-order valence-electron chi connectivity index (χ0n) is 12.2. The molecule has 0 saturated carbocycles. The number of phenols is 1. The van der Waals surface area contributed by atoms with Gasteiger partial charge in [-0.15, -0.1) is 0 Å². The molecule has 0 bridgehead atoms. The van der Waals surface area contributed by atoms with E-state index in [0.717, 1.165) is 5.92 Å². The fourth-order valence-corrected chi connectivity index (χ4v) is 3.63. The van der Waals surface area contributed by atoms with Gasteiger partial charge in [0, 0.05) is 5.56 Å². The standard InChI is InChI=1S/C17H26O/c1-5-6-12(3)14-8-7-13(4)17-15(14)9-11(2)10-16(17)18/h9-10,12-14,18H,5-8H2,1-4H3/t12-,13-,14+/m0/s1. The molecular weight excluding hydrogens is 220 g/mol. The highest BCUT2D eigenvalue weighted by molar-refractivity contribution is 5.48. The van der Waals surface area contributed by atoms with E-state index in [1.807, 2.05) is 6.07 Å². The van der Waals surface area contributed by atoms with Gasteiger partial charge in [-0.2, -0.15) is 0 Å². The first kappa shape index (κ1) is 13.5. The minimum absolute atomic E-state index is 0.505. The molecule has 0 heterocycles. The van der Waals surface area contributed by atoms with Crippen molar-refractivity contribution in [3.05, 3.63) is 28.8 Å². The molecule has 0 fully saturated rings. The molecule has 3 atom stereocenters. The van der Waals surface area contributed by atoms with Crippen LogP contribution in [0.3, 0.4) is 0 Å². The van der Waals surface area contributed by atoms with Gasteiger partial charge in [-0.1, -0.05) is 39.7 Å². The van der Waals surface area contributed by atoms with Crippen molar-refractivity contribution in [2.75, 3.05) is 0 Å². The molecule has 1 aliphatic rings. The van der Waals surface area contributed by atoms with E-state index < -0.39 is 0 Å². The molecule has 0 aromatic heterocycles. The fourth-order valence-electron chi connectivity index (χ4n) is 3.63. The van der Waals surface area contributed by atoms with Crippen LogP contribution >= 0.6 is 0 Å². The van der Waals surface area contributed by atoms with E-state index in [-0.39, 0.29) is 0 Å². The zero-order valence-corrected chi connectivity index (χ0v) is 12.2. The van der Waals surface area contributed by atoms with Gasteiger partial charge in [0.05, 0.1) is 0 Å². The van der Waals surface area contributed by atoms with Gasteiger partial charge in [0.15, 0.2) is 0 Å². The largest absolute Gasteiger partial charge is 0.508 e. The van der Waals surface area contributed by atoms with Gasteiger partial charge in [-0.05, 0) is 54.7 Å². The number of benzene rings is 1. The van der Waals surface area contributed by atoms with Crippen molar-refractivity contribution in [1.29, 1.82) is 0 Å². The maximum Gasteiger partial charge on any atom is 0.119 e. The minimum Gasteiger partial charge on any atom is -0.508 e. The van der Waals surface area contributed by atoms with Gasteiger partial charge in [0.25, 0.3) is 0 Å². The molecule has 0 saturated heterocycles. The van der Waals surface area contributed by atoms with E-state index in [4.69, 9.17) is 0 Å². The molecule has 0 unspecified atom stereocenters. The monoisotopic (exact) mass is 246 g/mol. The van der Waals surface area contributed by atoms with E-state index in [1.54, 1.807) is 0 Å². The van der Waals surface area contributed by atoms with Crippen molar-refractivity contribution in [2.45, 2.75) is 65.2 Å². The molecular formula is C17H26O. The lowest BCUT2D eigenvalue weighted by molar-refractivity contribution is 0.357. The van der Waals surface area contributed by atoms with Crippen LogP contribution < -0.4 is 0 Å². The van der Waals surface area contributed by atoms with Gasteiger partial charge in [0.2, 0.25) is 0 Å². The Morgan fingerprint density at radius 3 is 2.72 bits per heavy atom. The van der Waals surface area contributed by atoms with Crippen LogP contribution in [-0.2, 0) is 0 Å². The van der Waals surface area contributed by atoms with E-state index >= 15 is 0 Å². The quantitative estimate of drug-likeness (QED) is 0.785. The van der Waals surface area contributed by atoms with Gasteiger partial charge < -0.3 is 5.11 Å². The van der Waals surface area contributed by atoms with Crippen LogP contribution in [0, 0.1) is 12.8 Å². The van der Waals surface area contributed by atoms with Gasteiger partial charge in [-0.25, -0.2) is 0 Å². The molecule has 0 amide bonds. The van der Waals surface area contributed by atoms with Gasteiger partial charge >= 0.3 is 0 Å². The average Bonchev–Trinajstić information content (AvgIpc) is 2.28. The van der Waals surface area contributed by atoms with Crippen LogP contribution in [0.2, 0.25) is 0 Å². The number of rotatable bonds is 3. The van der Waals surface area contributed by atoms with Gasteiger partial charge in [-0.3, -0.25) is 0 Å². The molecule has 18 heavy (non-hydrogen) atoms. The summed E-state index contributed by atoms with van der Waals surface area (Å²) in [6.07, 6.45) is 5.02. The third-order valence-corrected chi connectivity index (χ3v) is 4.57. The normalized spacial score (nSPS) is 24.7. The van der Waals surface area contributed by atoms with Crippen LogP contribution in [0.15, 0.2) is 12.1 Å². The Bertz CT molecular complexity index is 422. The maximum absolute atomic E-state index is 10.2. The third kappa shape index (κ3) is 2.41. The van der Waals surface area contributed by atoms with Crippen LogP contribution in [0.5, 0.6) is 5.75 Å². The molecule has 100 valence electrons. The van der Waals surface area contributed by atoms with Crippen LogP contribution in [0.25, 0.3) is 0 Å². The summed E-state index contributed by atoms with van der Waals surface area (Å²) in [5, 5.41) is 10.2. The lowest BCUT2D eigenvalue weighted by atomic mass is 9.71. The highest BCUT2D eigenvalue weighted by atomic mass is 16.3. The van der Waals surface area contributed by atoms with Crippen molar-refractivity contribution in [3.8, 4) is 5.75 Å². The Balaban J connectivity index is 2.43. The molecule has 0 radical (unpaired) electrons. The maximum atomic E-state index is 10.2. The van der Waals surface area contributed by atoms with Crippen molar-refractivity contribution in [2.24, 2.45) is 5.92 Å². The molecule has 1 aliphatic carbocycles. The smallest absolute Gasteiger partial charge is 0.119 e. The summed E-state index contributed by atoms with van der Waals surface area (Å²) in [4.78, 5) is 0. The van der Waals surface area contributed by atoms with E-state index in [1.165, 1.54) is 42.4 Å². The Morgan fingerprint density at radius 2 is 2.06 bits per heavy atom. The Labute approximate surface area is 111 Å². The van der Waals surface area contributed by atoms with Gasteiger partial charge in [0.1, 0.15) is 5.75 Å². The number of hydrogen-bond acceptors (Lipinski definition) is 1. The molecule has 1 aromatic rings. The van der Waals surface area contributed by atoms with Crippen LogP contribution in [0.1, 0.15) is 75.0 Å². The first-order valence-corrected chi connectivity index (χ1v) is 7.38. The van der Waals surface area contributed by atoms with Crippen molar-refractivity contribution < 1.29 is 5.11 Å². The summed E-state index contributed by atoms with van der Waals surface area (Å²) in [5.41, 5.74) is 3.83. The summed E-state index contributed by atoms with van der Waals surface area (Å²) < 4.78 is 0. The summed E-state index contributed by atoms with van der Waals surface area (Å²) in [5.74, 6) is 2.39. The summed E-state index contributed by atoms with van der Waals surface area (Å²) >= 11 is 0. The summed E-state index contributed by atoms with van der Waals surface area (Å²) in [7, 11) is 0. The molecule has 0 aliphatic heterocycles. The van der Waals surface area contributed by atoms with Crippen molar-refractivity contribution in [3.63, 3.8) is 0 Å². The Kier molecular flexibility index (Phi) is 3.99. The third-order valence-electron chi connectivity index (χ3n) is 4.57. The predicted molar refractivity (Wildman–Crippen MR) is 77.3 cm³/mol. The number of aromatic hydroxyl groups is 1. The molecule has 1 N–H and O–H groups in total. The molecule has 1 aromatic carbocycles. The lowest BCUT2D eigenvalue weighted by Gasteiger charge is -2.34. The summed E-state index contributed by atoms with van der Waals surface area (Å²) in [6, 6.07) is 4.23. The number of phenolic OH excluding ortho intramolecular Hbond substituents is 1. The van der Waals surface area contributed by atoms with Crippen molar-refractivity contribution >= 4 is 0 Å². The second-order valence-electron chi connectivity index (χ2n) is 6.14. The summed E-state index contributed by atoms with van der Waals surface area (Å²) in [6.45, 7) is 8.96. The number of hydrogen-bond donors (Lipinski definition) is 1. The first-order chi connectivity index (χ1) is 8.54. The lowest BCUT2D eigenvalue weighted by Crippen LogP contribution is -2.19. The van der Waals surface area contributed by atoms with E-state index in [9.17, 15) is 5.11 Å². The second-order valence-corrected chi connectivity index (χ2v) is 6.14. The molecule has 1 nitrogen and oxygen atoms in total. The first-order valence-electron chi connectivity index (χ1n) is 7.38. The van der Waals surface area contributed by atoms with Crippen LogP contribution in [-0.4, -0.2) is 5.11 Å². The van der Waals surface area contributed by atoms with Crippen LogP contribution in [0.4, 0.5) is 0 Å². The van der Waals surface area contributed by atoms with E-state index in [0.29, 0.717) is 17.6 Å². The predicted octanol–water partition coefficient (Wildman–Crippen LogP) is 5.12. The molecule has 2 rings (SSSR count). The minimum atomic E-state index is 0.505. The average molecular weight is 246 g/mol. The fraction of sp³-hybridized carbons (Fsp3) is 0.647. The molecule has 0 spiro atoms. The second kappa shape index (κ2) is 5.34. The number of fused-ring (bicyclic) bond motifs is 1. The Morgan fingerprint density at radius 1 is 1.33 bits per heavy atom. The number of aryl methyl sites for hydroxylation is 1. The highest BCUT2D eigenvalue weighted by Crippen LogP contribution is 2.46. The SMILES string of the molecule is CCC[C@H](C)[C@H]1CC[C@H](C)c2c(O)cc(C)cc21. The zero-order chi connectivity index (χ0) is 13.3. The Hall–Kier alpha value is -0.980. The van der Waals surface area contributed by atoms with E-state index in [2.05, 4.69) is 33.8 Å². The molecule has 1 heteroatoms. The highest BCUT2D eigenvalue weighted by Gasteiger charge is 2.30. The topological polar surface area (TPSA) is 20.2 Å².